The van der Waals surface area contributed by atoms with Gasteiger partial charge in [0.25, 0.3) is 10.1 Å². The first kappa shape index (κ1) is 12.9. The molecule has 0 radical (unpaired) electrons. The number of hydrogen-bond acceptors (Lipinski definition) is 3. The van der Waals surface area contributed by atoms with Crippen LogP contribution in [0.2, 0.25) is 0 Å². The normalized spacial score (nSPS) is 11.3. The largest absolute Gasteiger partial charge is 0.270 e. The second-order valence-corrected chi connectivity index (χ2v) is 5.23. The fourth-order valence-electron chi connectivity index (χ4n) is 1.32. The summed E-state index contributed by atoms with van der Waals surface area (Å²) in [7, 11) is -3.32. The molecule has 0 spiro atoms. The smallest absolute Gasteiger partial charge is 0.264 e. The van der Waals surface area contributed by atoms with Crippen molar-refractivity contribution in [1.29, 1.82) is 0 Å². The molecule has 0 aliphatic rings. The number of benzene rings is 1. The van der Waals surface area contributed by atoms with E-state index in [1.165, 1.54) is 5.56 Å². The van der Waals surface area contributed by atoms with E-state index in [4.69, 9.17) is 0 Å². The van der Waals surface area contributed by atoms with Crippen LogP contribution in [0.15, 0.2) is 36.9 Å². The minimum atomic E-state index is -3.32. The Morgan fingerprint density at radius 2 is 1.81 bits per heavy atom. The lowest BCUT2D eigenvalue weighted by Crippen LogP contribution is -2.06. The first-order valence-corrected chi connectivity index (χ1v) is 6.86. The predicted octanol–water partition coefficient (Wildman–Crippen LogP) is 1.93. The molecule has 3 nitrogen and oxygen atoms in total. The number of allylic oxidation sites excluding steroid dienone is 1. The van der Waals surface area contributed by atoms with Crippen molar-refractivity contribution in [2.24, 2.45) is 0 Å². The molecule has 0 unspecified atom stereocenters. The SMILES string of the molecule is C=CCc1ccc(CCOS(C)(=O)=O)cc1. The van der Waals surface area contributed by atoms with E-state index in [1.54, 1.807) is 0 Å². The van der Waals surface area contributed by atoms with Gasteiger partial charge in [0.1, 0.15) is 0 Å². The third-order valence-corrected chi connectivity index (χ3v) is 2.69. The van der Waals surface area contributed by atoms with Gasteiger partial charge in [-0.05, 0) is 24.0 Å². The van der Waals surface area contributed by atoms with Crippen molar-refractivity contribution >= 4 is 10.1 Å². The van der Waals surface area contributed by atoms with Gasteiger partial charge < -0.3 is 0 Å². The first-order chi connectivity index (χ1) is 7.51. The highest BCUT2D eigenvalue weighted by Crippen LogP contribution is 2.06. The highest BCUT2D eigenvalue weighted by molar-refractivity contribution is 7.85. The van der Waals surface area contributed by atoms with Crippen molar-refractivity contribution in [3.05, 3.63) is 48.0 Å². The van der Waals surface area contributed by atoms with Gasteiger partial charge in [-0.1, -0.05) is 30.3 Å². The third-order valence-electron chi connectivity index (χ3n) is 2.09. The van der Waals surface area contributed by atoms with E-state index in [0.29, 0.717) is 6.42 Å². The Hall–Kier alpha value is -1.13. The van der Waals surface area contributed by atoms with Gasteiger partial charge in [0.05, 0.1) is 12.9 Å². The quantitative estimate of drug-likeness (QED) is 0.563. The molecule has 4 heteroatoms. The van der Waals surface area contributed by atoms with Crippen LogP contribution in [0.1, 0.15) is 11.1 Å². The standard InChI is InChI=1S/C12H16O3S/c1-3-4-11-5-7-12(8-6-11)9-10-15-16(2,13)14/h3,5-8H,1,4,9-10H2,2H3. The van der Waals surface area contributed by atoms with Gasteiger partial charge in [0.2, 0.25) is 0 Å². The minimum Gasteiger partial charge on any atom is -0.270 e. The summed E-state index contributed by atoms with van der Waals surface area (Å²) in [4.78, 5) is 0. The molecule has 0 atom stereocenters. The van der Waals surface area contributed by atoms with Crippen LogP contribution >= 0.6 is 0 Å². The van der Waals surface area contributed by atoms with Gasteiger partial charge >= 0.3 is 0 Å². The summed E-state index contributed by atoms with van der Waals surface area (Å²) in [5.74, 6) is 0. The molecule has 0 N–H and O–H groups in total. The highest BCUT2D eigenvalue weighted by atomic mass is 32.2. The monoisotopic (exact) mass is 240 g/mol. The van der Waals surface area contributed by atoms with E-state index in [9.17, 15) is 8.42 Å². The Labute approximate surface area is 96.9 Å². The molecule has 0 saturated carbocycles. The summed E-state index contributed by atoms with van der Waals surface area (Å²) in [6.45, 7) is 3.86. The molecule has 16 heavy (non-hydrogen) atoms. The fourth-order valence-corrected chi connectivity index (χ4v) is 1.71. The zero-order chi connectivity index (χ0) is 12.0. The summed E-state index contributed by atoms with van der Waals surface area (Å²) in [6, 6.07) is 7.98. The molecule has 0 aliphatic heterocycles. The van der Waals surface area contributed by atoms with Crippen LogP contribution in [0.5, 0.6) is 0 Å². The third kappa shape index (κ3) is 5.09. The van der Waals surface area contributed by atoms with E-state index in [2.05, 4.69) is 10.8 Å². The summed E-state index contributed by atoms with van der Waals surface area (Å²) in [6.07, 6.45) is 4.35. The van der Waals surface area contributed by atoms with Crippen molar-refractivity contribution in [2.45, 2.75) is 12.8 Å². The van der Waals surface area contributed by atoms with Crippen LogP contribution in [0, 0.1) is 0 Å². The zero-order valence-corrected chi connectivity index (χ0v) is 10.2. The van der Waals surface area contributed by atoms with Crippen molar-refractivity contribution in [2.75, 3.05) is 12.9 Å². The van der Waals surface area contributed by atoms with E-state index < -0.39 is 10.1 Å². The van der Waals surface area contributed by atoms with E-state index in [-0.39, 0.29) is 6.61 Å². The van der Waals surface area contributed by atoms with Crippen molar-refractivity contribution in [3.8, 4) is 0 Å². The molecule has 1 aromatic rings. The Kier molecular flexibility index (Phi) is 4.71. The Balaban J connectivity index is 2.46. The molecule has 88 valence electrons. The van der Waals surface area contributed by atoms with E-state index >= 15 is 0 Å². The maximum absolute atomic E-state index is 10.7. The molecule has 0 bridgehead atoms. The van der Waals surface area contributed by atoms with Gasteiger partial charge in [-0.3, -0.25) is 4.18 Å². The van der Waals surface area contributed by atoms with E-state index in [1.807, 2.05) is 30.3 Å². The van der Waals surface area contributed by atoms with Gasteiger partial charge in [0, 0.05) is 0 Å². The molecule has 1 aromatic carbocycles. The maximum Gasteiger partial charge on any atom is 0.264 e. The molecular formula is C12H16O3S. The second kappa shape index (κ2) is 5.82. The predicted molar refractivity (Wildman–Crippen MR) is 64.8 cm³/mol. The molecule has 0 amide bonds. The maximum atomic E-state index is 10.7. The number of rotatable bonds is 6. The van der Waals surface area contributed by atoms with Crippen molar-refractivity contribution in [3.63, 3.8) is 0 Å². The molecule has 0 fully saturated rings. The topological polar surface area (TPSA) is 43.4 Å². The summed E-state index contributed by atoms with van der Waals surface area (Å²) < 4.78 is 26.1. The van der Waals surface area contributed by atoms with Crippen LogP contribution in [-0.4, -0.2) is 21.3 Å². The molecule has 0 aromatic heterocycles. The summed E-state index contributed by atoms with van der Waals surface area (Å²) in [5, 5.41) is 0. The van der Waals surface area contributed by atoms with Gasteiger partial charge in [-0.2, -0.15) is 8.42 Å². The molecule has 1 rings (SSSR count). The molecule has 0 saturated heterocycles. The molecule has 0 heterocycles. The van der Waals surface area contributed by atoms with Crippen LogP contribution in [0.4, 0.5) is 0 Å². The van der Waals surface area contributed by atoms with Crippen LogP contribution in [-0.2, 0) is 27.1 Å². The van der Waals surface area contributed by atoms with Crippen LogP contribution < -0.4 is 0 Å². The average molecular weight is 240 g/mol. The van der Waals surface area contributed by atoms with Crippen LogP contribution in [0.25, 0.3) is 0 Å². The molecule has 0 aliphatic carbocycles. The van der Waals surface area contributed by atoms with E-state index in [0.717, 1.165) is 18.2 Å². The Morgan fingerprint density at radius 3 is 2.31 bits per heavy atom. The zero-order valence-electron chi connectivity index (χ0n) is 9.35. The lowest BCUT2D eigenvalue weighted by atomic mass is 10.1. The second-order valence-electron chi connectivity index (χ2n) is 3.59. The average Bonchev–Trinajstić information content (AvgIpc) is 2.19. The number of hydrogen-bond donors (Lipinski definition) is 0. The van der Waals surface area contributed by atoms with Gasteiger partial charge in [-0.25, -0.2) is 0 Å². The van der Waals surface area contributed by atoms with Gasteiger partial charge in [-0.15, -0.1) is 6.58 Å². The lowest BCUT2D eigenvalue weighted by molar-refractivity contribution is 0.326. The van der Waals surface area contributed by atoms with Crippen molar-refractivity contribution < 1.29 is 12.6 Å². The Bertz CT molecular complexity index is 432. The van der Waals surface area contributed by atoms with Crippen molar-refractivity contribution in [1.82, 2.24) is 0 Å². The first-order valence-electron chi connectivity index (χ1n) is 5.04. The van der Waals surface area contributed by atoms with Crippen LogP contribution in [0.3, 0.4) is 0 Å². The summed E-state index contributed by atoms with van der Waals surface area (Å²) >= 11 is 0. The minimum absolute atomic E-state index is 0.194. The Morgan fingerprint density at radius 1 is 1.25 bits per heavy atom. The highest BCUT2D eigenvalue weighted by Gasteiger charge is 2.01. The summed E-state index contributed by atoms with van der Waals surface area (Å²) in [5.41, 5.74) is 2.26. The molecular weight excluding hydrogens is 224 g/mol. The van der Waals surface area contributed by atoms with Gasteiger partial charge in [0.15, 0.2) is 0 Å². The fraction of sp³-hybridized carbons (Fsp3) is 0.333. The lowest BCUT2D eigenvalue weighted by Gasteiger charge is -2.03.